The number of benzene rings is 2. The van der Waals surface area contributed by atoms with Crippen LogP contribution in [0, 0.1) is 0 Å². The molecule has 2 aromatic carbocycles. The number of nitrogens with two attached hydrogens (primary N) is 1. The average Bonchev–Trinajstić information content (AvgIpc) is 2.67. The lowest BCUT2D eigenvalue weighted by Crippen LogP contribution is -2.16. The van der Waals surface area contributed by atoms with Crippen molar-refractivity contribution in [3.05, 3.63) is 72.6 Å². The largest absolute Gasteiger partial charge is 0.368 e. The number of nitrogen functional groups attached to an aromatic ring is 1. The maximum atomic E-state index is 12.3. The molecule has 0 bridgehead atoms. The van der Waals surface area contributed by atoms with Crippen LogP contribution in [0.1, 0.15) is 10.4 Å². The maximum Gasteiger partial charge on any atom is 0.259 e. The highest BCUT2D eigenvalue weighted by molar-refractivity contribution is 6.03. The Balaban J connectivity index is 1.74. The number of rotatable bonds is 3. The fourth-order valence-electron chi connectivity index (χ4n) is 2.66. The summed E-state index contributed by atoms with van der Waals surface area (Å²) in [4.78, 5) is 28.8. The lowest BCUT2D eigenvalue weighted by atomic mass is 10.0. The molecule has 126 valence electrons. The molecule has 0 radical (unpaired) electrons. The van der Waals surface area contributed by atoms with Crippen molar-refractivity contribution in [2.45, 2.75) is 0 Å². The van der Waals surface area contributed by atoms with Crippen LogP contribution in [-0.4, -0.2) is 25.8 Å². The standard InChI is InChI=1S/C19H14N6O/c20-18-22-16(15-9-3-6-12-5-1-2-8-14(12)15)23-19(25-18)24-17(26)13-7-4-10-21-11-13/h1-11H,(H3,20,22,23,24,25,26). The van der Waals surface area contributed by atoms with Crippen LogP contribution in [0.2, 0.25) is 0 Å². The smallest absolute Gasteiger partial charge is 0.259 e. The average molecular weight is 342 g/mol. The first-order chi connectivity index (χ1) is 12.7. The second-order valence-electron chi connectivity index (χ2n) is 5.56. The number of aromatic nitrogens is 4. The quantitative estimate of drug-likeness (QED) is 0.593. The lowest BCUT2D eigenvalue weighted by molar-refractivity contribution is 0.102. The molecule has 2 aromatic heterocycles. The van der Waals surface area contributed by atoms with Crippen molar-refractivity contribution in [2.75, 3.05) is 11.1 Å². The van der Waals surface area contributed by atoms with E-state index in [-0.39, 0.29) is 17.8 Å². The zero-order valence-corrected chi connectivity index (χ0v) is 13.6. The van der Waals surface area contributed by atoms with Crippen molar-refractivity contribution in [3.8, 4) is 11.4 Å². The predicted molar refractivity (Wildman–Crippen MR) is 99.4 cm³/mol. The van der Waals surface area contributed by atoms with Crippen LogP contribution in [-0.2, 0) is 0 Å². The summed E-state index contributed by atoms with van der Waals surface area (Å²) in [6, 6.07) is 17.1. The van der Waals surface area contributed by atoms with Gasteiger partial charge in [-0.3, -0.25) is 15.1 Å². The van der Waals surface area contributed by atoms with Gasteiger partial charge in [0.15, 0.2) is 5.82 Å². The van der Waals surface area contributed by atoms with Gasteiger partial charge in [0, 0.05) is 18.0 Å². The summed E-state index contributed by atoms with van der Waals surface area (Å²) in [6.45, 7) is 0. The number of amides is 1. The Morgan fingerprint density at radius 3 is 2.62 bits per heavy atom. The van der Waals surface area contributed by atoms with Gasteiger partial charge < -0.3 is 5.73 Å². The molecule has 7 heteroatoms. The third-order valence-electron chi connectivity index (χ3n) is 3.83. The molecule has 4 aromatic rings. The second kappa shape index (κ2) is 6.56. The molecule has 0 spiro atoms. The fourth-order valence-corrected chi connectivity index (χ4v) is 2.66. The lowest BCUT2D eigenvalue weighted by Gasteiger charge is -2.08. The van der Waals surface area contributed by atoms with E-state index >= 15 is 0 Å². The van der Waals surface area contributed by atoms with Gasteiger partial charge in [0.05, 0.1) is 5.56 Å². The minimum absolute atomic E-state index is 0.0319. The van der Waals surface area contributed by atoms with Crippen molar-refractivity contribution >= 4 is 28.6 Å². The highest BCUT2D eigenvalue weighted by Gasteiger charge is 2.13. The van der Waals surface area contributed by atoms with Gasteiger partial charge in [0.2, 0.25) is 11.9 Å². The van der Waals surface area contributed by atoms with Crippen LogP contribution in [0.15, 0.2) is 67.0 Å². The molecule has 7 nitrogen and oxygen atoms in total. The second-order valence-corrected chi connectivity index (χ2v) is 5.56. The highest BCUT2D eigenvalue weighted by atomic mass is 16.1. The number of nitrogens with zero attached hydrogens (tertiary/aromatic N) is 4. The number of carbonyl (C=O) groups excluding carboxylic acids is 1. The molecular weight excluding hydrogens is 328 g/mol. The van der Waals surface area contributed by atoms with Crippen LogP contribution in [0.25, 0.3) is 22.2 Å². The Kier molecular flexibility index (Phi) is 3.95. The third-order valence-corrected chi connectivity index (χ3v) is 3.83. The van der Waals surface area contributed by atoms with E-state index in [1.54, 1.807) is 18.3 Å². The first kappa shape index (κ1) is 15.6. The highest BCUT2D eigenvalue weighted by Crippen LogP contribution is 2.26. The zero-order chi connectivity index (χ0) is 17.9. The van der Waals surface area contributed by atoms with Crippen molar-refractivity contribution in [1.29, 1.82) is 0 Å². The summed E-state index contributed by atoms with van der Waals surface area (Å²) >= 11 is 0. The predicted octanol–water partition coefficient (Wildman–Crippen LogP) is 2.92. The minimum Gasteiger partial charge on any atom is -0.368 e. The van der Waals surface area contributed by atoms with Crippen LogP contribution >= 0.6 is 0 Å². The summed E-state index contributed by atoms with van der Waals surface area (Å²) in [5.41, 5.74) is 7.04. The molecule has 3 N–H and O–H groups in total. The van der Waals surface area contributed by atoms with E-state index in [0.29, 0.717) is 11.4 Å². The Hall–Kier alpha value is -3.87. The summed E-state index contributed by atoms with van der Waals surface area (Å²) in [5.74, 6) is 0.155. The minimum atomic E-state index is -0.368. The van der Waals surface area contributed by atoms with E-state index < -0.39 is 0 Å². The summed E-state index contributed by atoms with van der Waals surface area (Å²) < 4.78 is 0. The Bertz CT molecular complexity index is 1090. The third kappa shape index (κ3) is 3.05. The topological polar surface area (TPSA) is 107 Å². The summed E-state index contributed by atoms with van der Waals surface area (Å²) in [5, 5.41) is 4.69. The molecule has 0 saturated heterocycles. The summed E-state index contributed by atoms with van der Waals surface area (Å²) in [7, 11) is 0. The molecule has 0 atom stereocenters. The van der Waals surface area contributed by atoms with Gasteiger partial charge in [0.25, 0.3) is 5.91 Å². The van der Waals surface area contributed by atoms with Gasteiger partial charge in [-0.2, -0.15) is 15.0 Å². The molecular formula is C19H14N6O. The van der Waals surface area contributed by atoms with E-state index in [2.05, 4.69) is 25.3 Å². The molecule has 2 heterocycles. The summed E-state index contributed by atoms with van der Waals surface area (Å²) in [6.07, 6.45) is 3.06. The fraction of sp³-hybridized carbons (Fsp3) is 0. The molecule has 0 aliphatic carbocycles. The molecule has 0 aliphatic heterocycles. The van der Waals surface area contributed by atoms with Crippen LogP contribution in [0.4, 0.5) is 11.9 Å². The molecule has 0 aliphatic rings. The van der Waals surface area contributed by atoms with Crippen molar-refractivity contribution in [1.82, 2.24) is 19.9 Å². The number of pyridine rings is 1. The van der Waals surface area contributed by atoms with E-state index in [9.17, 15) is 4.79 Å². The van der Waals surface area contributed by atoms with E-state index in [4.69, 9.17) is 5.73 Å². The number of nitrogens with one attached hydrogen (secondary N) is 1. The van der Waals surface area contributed by atoms with Crippen molar-refractivity contribution in [2.24, 2.45) is 0 Å². The van der Waals surface area contributed by atoms with Crippen LogP contribution < -0.4 is 11.1 Å². The number of hydrogen-bond donors (Lipinski definition) is 2. The zero-order valence-electron chi connectivity index (χ0n) is 13.6. The van der Waals surface area contributed by atoms with Crippen molar-refractivity contribution < 1.29 is 4.79 Å². The molecule has 0 saturated carbocycles. The van der Waals surface area contributed by atoms with Crippen molar-refractivity contribution in [3.63, 3.8) is 0 Å². The van der Waals surface area contributed by atoms with Crippen LogP contribution in [0.3, 0.4) is 0 Å². The molecule has 4 rings (SSSR count). The number of fused-ring (bicyclic) bond motifs is 1. The SMILES string of the molecule is Nc1nc(NC(=O)c2cccnc2)nc(-c2cccc3ccccc23)n1. The van der Waals surface area contributed by atoms with Gasteiger partial charge in [-0.1, -0.05) is 42.5 Å². The first-order valence-corrected chi connectivity index (χ1v) is 7.92. The Morgan fingerprint density at radius 1 is 0.923 bits per heavy atom. The molecule has 26 heavy (non-hydrogen) atoms. The molecule has 0 fully saturated rings. The number of anilines is 2. The van der Waals surface area contributed by atoms with Gasteiger partial charge in [-0.05, 0) is 22.9 Å². The monoisotopic (exact) mass is 342 g/mol. The van der Waals surface area contributed by atoms with Gasteiger partial charge in [0.1, 0.15) is 0 Å². The normalized spacial score (nSPS) is 10.6. The van der Waals surface area contributed by atoms with Crippen LogP contribution in [0.5, 0.6) is 0 Å². The number of carbonyl (C=O) groups is 1. The van der Waals surface area contributed by atoms with E-state index in [0.717, 1.165) is 16.3 Å². The Morgan fingerprint density at radius 2 is 1.77 bits per heavy atom. The Labute approximate surface area is 149 Å². The molecule has 0 unspecified atom stereocenters. The van der Waals surface area contributed by atoms with Gasteiger partial charge in [-0.25, -0.2) is 0 Å². The van der Waals surface area contributed by atoms with Gasteiger partial charge in [-0.15, -0.1) is 0 Å². The number of hydrogen-bond acceptors (Lipinski definition) is 6. The maximum absolute atomic E-state index is 12.3. The first-order valence-electron chi connectivity index (χ1n) is 7.92. The van der Waals surface area contributed by atoms with Gasteiger partial charge >= 0.3 is 0 Å². The van der Waals surface area contributed by atoms with E-state index in [1.807, 2.05) is 42.5 Å². The molecule has 1 amide bonds. The van der Waals surface area contributed by atoms with E-state index in [1.165, 1.54) is 6.20 Å².